The maximum absolute atomic E-state index is 11.4. The van der Waals surface area contributed by atoms with Crippen LogP contribution >= 0.6 is 0 Å². The maximum Gasteiger partial charge on any atom is 0.319 e. The number of amides is 2. The van der Waals surface area contributed by atoms with Gasteiger partial charge in [0.05, 0.1) is 6.54 Å². The molecular formula is C11H11N4O. The van der Waals surface area contributed by atoms with Crippen molar-refractivity contribution in [3.63, 3.8) is 0 Å². The standard InChI is InChI=1S/C11H11N4O/c16-11(14-8-10-12-6-7-13-10)15-9-4-2-1-3-5-9/h2-7H,8H2,(H,12,13)(H2,14,15,16). The highest BCUT2D eigenvalue weighted by atomic mass is 16.2. The molecule has 1 aromatic heterocycles. The Bertz CT molecular complexity index is 438. The Labute approximate surface area is 92.9 Å². The number of hydrogen-bond donors (Lipinski definition) is 3. The van der Waals surface area contributed by atoms with Crippen LogP contribution in [0.1, 0.15) is 5.82 Å². The van der Waals surface area contributed by atoms with E-state index in [2.05, 4.69) is 26.7 Å². The van der Waals surface area contributed by atoms with E-state index >= 15 is 0 Å². The average molecular weight is 215 g/mol. The number of benzene rings is 1. The van der Waals surface area contributed by atoms with Crippen LogP contribution in [0, 0.1) is 6.07 Å². The lowest BCUT2D eigenvalue weighted by Crippen LogP contribution is -2.28. The van der Waals surface area contributed by atoms with E-state index in [1.165, 1.54) is 0 Å². The quantitative estimate of drug-likeness (QED) is 0.726. The van der Waals surface area contributed by atoms with Gasteiger partial charge in [-0.15, -0.1) is 0 Å². The van der Waals surface area contributed by atoms with Crippen molar-refractivity contribution in [1.82, 2.24) is 15.3 Å². The normalized spacial score (nSPS) is 9.75. The van der Waals surface area contributed by atoms with E-state index in [4.69, 9.17) is 0 Å². The van der Waals surface area contributed by atoms with Crippen LogP contribution in [0.15, 0.2) is 36.7 Å². The SMILES string of the molecule is O=C(NCc1ncc[nH]1)Nc1cc[c]cc1. The second kappa shape index (κ2) is 4.97. The first-order valence-corrected chi connectivity index (χ1v) is 4.84. The van der Waals surface area contributed by atoms with Crippen LogP contribution in [0.25, 0.3) is 0 Å². The lowest BCUT2D eigenvalue weighted by atomic mass is 10.3. The van der Waals surface area contributed by atoms with Gasteiger partial charge in [0.1, 0.15) is 5.82 Å². The van der Waals surface area contributed by atoms with Gasteiger partial charge < -0.3 is 15.6 Å². The molecule has 0 aliphatic heterocycles. The minimum atomic E-state index is -0.261. The molecule has 81 valence electrons. The molecule has 2 amide bonds. The predicted molar refractivity (Wildman–Crippen MR) is 59.7 cm³/mol. The maximum atomic E-state index is 11.4. The number of aromatic nitrogens is 2. The van der Waals surface area contributed by atoms with E-state index in [1.807, 2.05) is 0 Å². The van der Waals surface area contributed by atoms with E-state index in [0.29, 0.717) is 6.54 Å². The Hall–Kier alpha value is -2.30. The van der Waals surface area contributed by atoms with Crippen molar-refractivity contribution < 1.29 is 4.79 Å². The minimum absolute atomic E-state index is 0.261. The zero-order chi connectivity index (χ0) is 11.2. The summed E-state index contributed by atoms with van der Waals surface area (Å²) in [6, 6.07) is 9.63. The summed E-state index contributed by atoms with van der Waals surface area (Å²) in [5.74, 6) is 0.719. The van der Waals surface area contributed by atoms with E-state index in [-0.39, 0.29) is 6.03 Å². The molecular weight excluding hydrogens is 204 g/mol. The van der Waals surface area contributed by atoms with Crippen LogP contribution in [0.4, 0.5) is 10.5 Å². The van der Waals surface area contributed by atoms with Crippen LogP contribution in [0.3, 0.4) is 0 Å². The van der Waals surface area contributed by atoms with Gasteiger partial charge in [0.15, 0.2) is 0 Å². The molecule has 5 heteroatoms. The first kappa shape index (κ1) is 10.2. The molecule has 5 nitrogen and oxygen atoms in total. The number of rotatable bonds is 3. The lowest BCUT2D eigenvalue weighted by molar-refractivity contribution is 0.251. The summed E-state index contributed by atoms with van der Waals surface area (Å²) in [5.41, 5.74) is 0.732. The van der Waals surface area contributed by atoms with Crippen LogP contribution in [0.2, 0.25) is 0 Å². The van der Waals surface area contributed by atoms with E-state index < -0.39 is 0 Å². The van der Waals surface area contributed by atoms with E-state index in [1.54, 1.807) is 36.7 Å². The molecule has 1 aromatic carbocycles. The van der Waals surface area contributed by atoms with Gasteiger partial charge in [0, 0.05) is 18.1 Å². The number of H-pyrrole nitrogens is 1. The molecule has 0 spiro atoms. The molecule has 0 unspecified atom stereocenters. The lowest BCUT2D eigenvalue weighted by Gasteiger charge is -2.05. The summed E-state index contributed by atoms with van der Waals surface area (Å²) in [6.45, 7) is 0.373. The van der Waals surface area contributed by atoms with E-state index in [0.717, 1.165) is 11.5 Å². The number of anilines is 1. The second-order valence-electron chi connectivity index (χ2n) is 3.13. The number of aromatic amines is 1. The molecule has 0 saturated heterocycles. The molecule has 0 saturated carbocycles. The number of imidazole rings is 1. The summed E-state index contributed by atoms with van der Waals surface area (Å²) < 4.78 is 0. The fraction of sp³-hybridized carbons (Fsp3) is 0.0909. The third-order valence-corrected chi connectivity index (χ3v) is 1.95. The van der Waals surface area contributed by atoms with Crippen molar-refractivity contribution in [2.75, 3.05) is 5.32 Å². The third-order valence-electron chi connectivity index (χ3n) is 1.95. The molecule has 1 radical (unpaired) electrons. The van der Waals surface area contributed by atoms with Gasteiger partial charge in [-0.2, -0.15) is 0 Å². The summed E-state index contributed by atoms with van der Waals surface area (Å²) >= 11 is 0. The highest BCUT2D eigenvalue weighted by molar-refractivity contribution is 5.88. The van der Waals surface area contributed by atoms with Crippen molar-refractivity contribution in [2.24, 2.45) is 0 Å². The Balaban J connectivity index is 1.81. The molecule has 0 bridgehead atoms. The van der Waals surface area contributed by atoms with Crippen LogP contribution in [-0.4, -0.2) is 16.0 Å². The molecule has 16 heavy (non-hydrogen) atoms. The van der Waals surface area contributed by atoms with Gasteiger partial charge in [-0.1, -0.05) is 12.1 Å². The molecule has 3 N–H and O–H groups in total. The first-order valence-electron chi connectivity index (χ1n) is 4.84. The second-order valence-corrected chi connectivity index (χ2v) is 3.13. The van der Waals surface area contributed by atoms with Gasteiger partial charge in [-0.3, -0.25) is 0 Å². The van der Waals surface area contributed by atoms with Gasteiger partial charge in [-0.25, -0.2) is 9.78 Å². The number of hydrogen-bond acceptors (Lipinski definition) is 2. The molecule has 0 aliphatic rings. The van der Waals surface area contributed by atoms with Crippen LogP contribution < -0.4 is 10.6 Å². The summed E-state index contributed by atoms with van der Waals surface area (Å²) in [5, 5.41) is 5.37. The molecule has 2 aromatic rings. The fourth-order valence-electron chi connectivity index (χ4n) is 1.20. The number of urea groups is 1. The van der Waals surface area contributed by atoms with Crippen molar-refractivity contribution >= 4 is 11.7 Å². The van der Waals surface area contributed by atoms with Gasteiger partial charge in [0.2, 0.25) is 0 Å². The van der Waals surface area contributed by atoms with Gasteiger partial charge in [-0.05, 0) is 18.2 Å². The zero-order valence-corrected chi connectivity index (χ0v) is 8.53. The fourth-order valence-corrected chi connectivity index (χ4v) is 1.20. The summed E-state index contributed by atoms with van der Waals surface area (Å²) in [7, 11) is 0. The smallest absolute Gasteiger partial charge is 0.319 e. The van der Waals surface area contributed by atoms with Crippen molar-refractivity contribution in [1.29, 1.82) is 0 Å². The number of nitrogens with zero attached hydrogens (tertiary/aromatic N) is 1. The predicted octanol–water partition coefficient (Wildman–Crippen LogP) is 1.53. The summed E-state index contributed by atoms with van der Waals surface area (Å²) in [6.07, 6.45) is 3.35. The number of nitrogens with one attached hydrogen (secondary N) is 3. The molecule has 0 fully saturated rings. The molecule has 0 atom stereocenters. The summed E-state index contributed by atoms with van der Waals surface area (Å²) in [4.78, 5) is 18.3. The highest BCUT2D eigenvalue weighted by Gasteiger charge is 2.01. The Morgan fingerprint density at radius 2 is 2.25 bits per heavy atom. The Morgan fingerprint density at radius 1 is 1.44 bits per heavy atom. The Morgan fingerprint density at radius 3 is 2.94 bits per heavy atom. The third kappa shape index (κ3) is 2.84. The van der Waals surface area contributed by atoms with Crippen LogP contribution in [0.5, 0.6) is 0 Å². The zero-order valence-electron chi connectivity index (χ0n) is 8.53. The van der Waals surface area contributed by atoms with Crippen LogP contribution in [-0.2, 0) is 6.54 Å². The average Bonchev–Trinajstić information content (AvgIpc) is 2.81. The molecule has 2 rings (SSSR count). The number of carbonyl (C=O) groups excluding carboxylic acids is 1. The van der Waals surface area contributed by atoms with Gasteiger partial charge >= 0.3 is 6.03 Å². The van der Waals surface area contributed by atoms with E-state index in [9.17, 15) is 4.79 Å². The van der Waals surface area contributed by atoms with Crippen molar-refractivity contribution in [3.05, 3.63) is 48.5 Å². The topological polar surface area (TPSA) is 69.8 Å². The van der Waals surface area contributed by atoms with Crippen molar-refractivity contribution in [3.8, 4) is 0 Å². The number of carbonyl (C=O) groups is 1. The highest BCUT2D eigenvalue weighted by Crippen LogP contribution is 2.03. The monoisotopic (exact) mass is 215 g/mol. The minimum Gasteiger partial charge on any atom is -0.347 e. The molecule has 1 heterocycles. The van der Waals surface area contributed by atoms with Gasteiger partial charge in [0.25, 0.3) is 0 Å². The van der Waals surface area contributed by atoms with Crippen molar-refractivity contribution in [2.45, 2.75) is 6.54 Å². The Kier molecular flexibility index (Phi) is 3.18. The first-order chi connectivity index (χ1) is 7.84. The largest absolute Gasteiger partial charge is 0.347 e. The molecule has 0 aliphatic carbocycles.